The molecular weight excluding hydrogens is 322 g/mol. The lowest BCUT2D eigenvalue weighted by Gasteiger charge is -2.26. The van der Waals surface area contributed by atoms with Crippen molar-refractivity contribution in [1.29, 1.82) is 0 Å². The Hall–Kier alpha value is -2.80. The molecule has 1 aliphatic heterocycles. The first-order chi connectivity index (χ1) is 12.2. The fourth-order valence-electron chi connectivity index (χ4n) is 2.40. The first-order valence-corrected chi connectivity index (χ1v) is 8.12. The summed E-state index contributed by atoms with van der Waals surface area (Å²) in [5, 5.41) is 2.89. The normalized spacial score (nSPS) is 14.0. The zero-order valence-electron chi connectivity index (χ0n) is 14.1. The number of pyridine rings is 1. The topological polar surface area (TPSA) is 72.9 Å². The van der Waals surface area contributed by atoms with Crippen LogP contribution in [0.5, 0.6) is 17.4 Å². The Morgan fingerprint density at radius 1 is 1.16 bits per heavy atom. The van der Waals surface area contributed by atoms with Crippen molar-refractivity contribution in [3.63, 3.8) is 0 Å². The molecule has 2 heterocycles. The van der Waals surface area contributed by atoms with Crippen LogP contribution in [0.15, 0.2) is 42.6 Å². The molecular formula is C18H21N3O4. The molecule has 0 unspecified atom stereocenters. The summed E-state index contributed by atoms with van der Waals surface area (Å²) in [5.74, 6) is 1.95. The van der Waals surface area contributed by atoms with Crippen LogP contribution in [-0.4, -0.2) is 49.3 Å². The second-order valence-corrected chi connectivity index (χ2v) is 5.54. The third-order valence-electron chi connectivity index (χ3n) is 3.82. The summed E-state index contributed by atoms with van der Waals surface area (Å²) in [6, 6.07) is 10.9. The number of urea groups is 1. The highest BCUT2D eigenvalue weighted by Gasteiger charge is 2.16. The highest BCUT2D eigenvalue weighted by Crippen LogP contribution is 2.22. The predicted octanol–water partition coefficient (Wildman–Crippen LogP) is 2.42. The lowest BCUT2D eigenvalue weighted by Crippen LogP contribution is -2.45. The zero-order valence-corrected chi connectivity index (χ0v) is 14.1. The summed E-state index contributed by atoms with van der Waals surface area (Å²) in [7, 11) is 1.62. The molecule has 132 valence electrons. The van der Waals surface area contributed by atoms with Crippen LogP contribution >= 0.6 is 0 Å². The lowest BCUT2D eigenvalue weighted by molar-refractivity contribution is 0.0531. The van der Waals surface area contributed by atoms with E-state index in [1.807, 2.05) is 30.3 Å². The van der Waals surface area contributed by atoms with E-state index >= 15 is 0 Å². The number of hydrogen-bond acceptors (Lipinski definition) is 5. The van der Waals surface area contributed by atoms with E-state index in [1.54, 1.807) is 24.3 Å². The van der Waals surface area contributed by atoms with Crippen molar-refractivity contribution in [2.24, 2.45) is 0 Å². The summed E-state index contributed by atoms with van der Waals surface area (Å²) < 4.78 is 16.0. The molecule has 1 saturated heterocycles. The van der Waals surface area contributed by atoms with Crippen LogP contribution in [0, 0.1) is 0 Å². The Kier molecular flexibility index (Phi) is 5.69. The van der Waals surface area contributed by atoms with Crippen molar-refractivity contribution in [3.8, 4) is 17.4 Å². The highest BCUT2D eigenvalue weighted by atomic mass is 16.5. The standard InChI is InChI=1S/C18H21N3O4/c1-23-15-3-5-16(6-4-15)25-17-7-2-14(12-19-17)13-20-18(22)21-8-10-24-11-9-21/h2-7,12H,8-11,13H2,1H3,(H,20,22). The second-order valence-electron chi connectivity index (χ2n) is 5.54. The maximum absolute atomic E-state index is 12.0. The van der Waals surface area contributed by atoms with Gasteiger partial charge in [0, 0.05) is 31.9 Å². The van der Waals surface area contributed by atoms with Gasteiger partial charge in [-0.25, -0.2) is 9.78 Å². The van der Waals surface area contributed by atoms with Gasteiger partial charge in [-0.2, -0.15) is 0 Å². The number of nitrogens with zero attached hydrogens (tertiary/aromatic N) is 2. The SMILES string of the molecule is COc1ccc(Oc2ccc(CNC(=O)N3CCOCC3)cn2)cc1. The summed E-state index contributed by atoms with van der Waals surface area (Å²) in [6.45, 7) is 2.85. The van der Waals surface area contributed by atoms with E-state index in [2.05, 4.69) is 10.3 Å². The van der Waals surface area contributed by atoms with Crippen LogP contribution < -0.4 is 14.8 Å². The van der Waals surface area contributed by atoms with Gasteiger partial charge in [0.05, 0.1) is 20.3 Å². The van der Waals surface area contributed by atoms with E-state index in [0.29, 0.717) is 44.5 Å². The Balaban J connectivity index is 1.50. The fraction of sp³-hybridized carbons (Fsp3) is 0.333. The van der Waals surface area contributed by atoms with Crippen molar-refractivity contribution in [2.75, 3.05) is 33.4 Å². The summed E-state index contributed by atoms with van der Waals surface area (Å²) in [6.07, 6.45) is 1.69. The molecule has 7 heteroatoms. The molecule has 3 rings (SSSR count). The van der Waals surface area contributed by atoms with Crippen molar-refractivity contribution < 1.29 is 19.0 Å². The summed E-state index contributed by atoms with van der Waals surface area (Å²) in [5.41, 5.74) is 0.906. The van der Waals surface area contributed by atoms with Gasteiger partial charge < -0.3 is 24.4 Å². The molecule has 1 aliphatic rings. The number of amides is 2. The molecule has 2 aromatic rings. The van der Waals surface area contributed by atoms with Crippen LogP contribution in [0.2, 0.25) is 0 Å². The van der Waals surface area contributed by atoms with E-state index in [-0.39, 0.29) is 6.03 Å². The van der Waals surface area contributed by atoms with E-state index in [9.17, 15) is 4.79 Å². The van der Waals surface area contributed by atoms with Gasteiger partial charge in [0.1, 0.15) is 11.5 Å². The third kappa shape index (κ3) is 4.84. The molecule has 1 N–H and O–H groups in total. The zero-order chi connectivity index (χ0) is 17.5. The number of ether oxygens (including phenoxy) is 3. The Morgan fingerprint density at radius 2 is 1.88 bits per heavy atom. The maximum Gasteiger partial charge on any atom is 0.317 e. The van der Waals surface area contributed by atoms with Crippen LogP contribution in [0.3, 0.4) is 0 Å². The van der Waals surface area contributed by atoms with Gasteiger partial charge in [-0.05, 0) is 29.8 Å². The van der Waals surface area contributed by atoms with Crippen molar-refractivity contribution in [2.45, 2.75) is 6.54 Å². The number of aromatic nitrogens is 1. The van der Waals surface area contributed by atoms with Gasteiger partial charge in [-0.15, -0.1) is 0 Å². The van der Waals surface area contributed by atoms with Crippen LogP contribution in [-0.2, 0) is 11.3 Å². The molecule has 0 spiro atoms. The van der Waals surface area contributed by atoms with Crippen LogP contribution in [0.4, 0.5) is 4.79 Å². The number of benzene rings is 1. The monoisotopic (exact) mass is 343 g/mol. The Bertz CT molecular complexity index is 682. The molecule has 0 aliphatic carbocycles. The fourth-order valence-corrected chi connectivity index (χ4v) is 2.40. The number of carbonyl (C=O) groups is 1. The molecule has 0 saturated carbocycles. The molecule has 2 amide bonds. The number of morpholine rings is 1. The first-order valence-electron chi connectivity index (χ1n) is 8.12. The minimum atomic E-state index is -0.0816. The van der Waals surface area contributed by atoms with E-state index < -0.39 is 0 Å². The number of methoxy groups -OCH3 is 1. The van der Waals surface area contributed by atoms with Gasteiger partial charge in [0.2, 0.25) is 5.88 Å². The molecule has 1 aromatic heterocycles. The molecule has 7 nitrogen and oxygen atoms in total. The molecule has 0 atom stereocenters. The Morgan fingerprint density at radius 3 is 2.52 bits per heavy atom. The van der Waals surface area contributed by atoms with Crippen molar-refractivity contribution >= 4 is 6.03 Å². The molecule has 0 radical (unpaired) electrons. The van der Waals surface area contributed by atoms with E-state index in [1.165, 1.54) is 0 Å². The van der Waals surface area contributed by atoms with Gasteiger partial charge in [-0.3, -0.25) is 0 Å². The first kappa shape index (κ1) is 17.0. The van der Waals surface area contributed by atoms with E-state index in [0.717, 1.165) is 11.3 Å². The third-order valence-corrected chi connectivity index (χ3v) is 3.82. The lowest BCUT2D eigenvalue weighted by atomic mass is 10.3. The molecule has 1 fully saturated rings. The minimum Gasteiger partial charge on any atom is -0.497 e. The van der Waals surface area contributed by atoms with Gasteiger partial charge in [-0.1, -0.05) is 6.07 Å². The number of carbonyl (C=O) groups excluding carboxylic acids is 1. The highest BCUT2D eigenvalue weighted by molar-refractivity contribution is 5.74. The molecule has 25 heavy (non-hydrogen) atoms. The van der Waals surface area contributed by atoms with Crippen LogP contribution in [0.1, 0.15) is 5.56 Å². The predicted molar refractivity (Wildman–Crippen MR) is 91.9 cm³/mol. The second kappa shape index (κ2) is 8.34. The van der Waals surface area contributed by atoms with Crippen LogP contribution in [0.25, 0.3) is 0 Å². The minimum absolute atomic E-state index is 0.0816. The average Bonchev–Trinajstić information content (AvgIpc) is 2.68. The summed E-state index contributed by atoms with van der Waals surface area (Å²) >= 11 is 0. The average molecular weight is 343 g/mol. The number of nitrogens with one attached hydrogen (secondary N) is 1. The van der Waals surface area contributed by atoms with E-state index in [4.69, 9.17) is 14.2 Å². The van der Waals surface area contributed by atoms with Gasteiger partial charge >= 0.3 is 6.03 Å². The van der Waals surface area contributed by atoms with Crippen molar-refractivity contribution in [1.82, 2.24) is 15.2 Å². The molecule has 1 aromatic carbocycles. The number of rotatable bonds is 5. The Labute approximate surface area is 146 Å². The number of hydrogen-bond donors (Lipinski definition) is 1. The smallest absolute Gasteiger partial charge is 0.317 e. The van der Waals surface area contributed by atoms with Crippen molar-refractivity contribution in [3.05, 3.63) is 48.2 Å². The molecule has 0 bridgehead atoms. The largest absolute Gasteiger partial charge is 0.497 e. The quantitative estimate of drug-likeness (QED) is 0.903. The maximum atomic E-state index is 12.0. The van der Waals surface area contributed by atoms with Gasteiger partial charge in [0.25, 0.3) is 0 Å². The summed E-state index contributed by atoms with van der Waals surface area (Å²) in [4.78, 5) is 18.1. The van der Waals surface area contributed by atoms with Gasteiger partial charge in [0.15, 0.2) is 0 Å².